The Balaban J connectivity index is 1.21. The smallest absolute Gasteiger partial charge is 0.197 e. The number of ketones is 4. The van der Waals surface area contributed by atoms with Crippen LogP contribution in [0.1, 0.15) is 94.9 Å². The average Bonchev–Trinajstić information content (AvgIpc) is 3.77. The van der Waals surface area contributed by atoms with Crippen molar-refractivity contribution < 1.29 is 36.7 Å². The molecule has 6 nitrogen and oxygen atoms in total. The minimum atomic E-state index is -1.22. The van der Waals surface area contributed by atoms with Crippen LogP contribution in [0.4, 0.5) is 17.6 Å². The summed E-state index contributed by atoms with van der Waals surface area (Å²) in [6.07, 6.45) is 7.05. The van der Waals surface area contributed by atoms with Crippen molar-refractivity contribution in [3.05, 3.63) is 102 Å². The molecule has 0 bridgehead atoms. The summed E-state index contributed by atoms with van der Waals surface area (Å²) >= 11 is 2.50. The molecule has 44 heavy (non-hydrogen) atoms. The fraction of sp³-hybridized carbons (Fsp3) is 0.188. The molecule has 1 saturated carbocycles. The number of hydrogen-bond acceptors (Lipinski definition) is 8. The van der Waals surface area contributed by atoms with Crippen LogP contribution in [0.5, 0.6) is 0 Å². The fourth-order valence-corrected chi connectivity index (χ4v) is 8.99. The minimum absolute atomic E-state index is 0.195. The Hall–Kier alpha value is -4.42. The highest BCUT2D eigenvalue weighted by Crippen LogP contribution is 2.59. The van der Waals surface area contributed by atoms with Crippen molar-refractivity contribution in [2.24, 2.45) is 0 Å². The second-order valence-electron chi connectivity index (χ2n) is 11.2. The van der Waals surface area contributed by atoms with Crippen LogP contribution in [-0.2, 0) is 5.41 Å². The van der Waals surface area contributed by atoms with Gasteiger partial charge in [0, 0.05) is 22.3 Å². The fourth-order valence-electron chi connectivity index (χ4n) is 6.64. The molecule has 8 rings (SSSR count). The first-order valence-electron chi connectivity index (χ1n) is 13.7. The largest absolute Gasteiger partial charge is 0.288 e. The Kier molecular flexibility index (Phi) is 5.73. The van der Waals surface area contributed by atoms with Crippen molar-refractivity contribution in [1.82, 2.24) is 9.97 Å². The molecule has 2 heterocycles. The molecule has 0 radical (unpaired) electrons. The van der Waals surface area contributed by atoms with Crippen molar-refractivity contribution >= 4 is 58.0 Å². The maximum absolute atomic E-state index is 13.8. The first-order chi connectivity index (χ1) is 21.1. The summed E-state index contributed by atoms with van der Waals surface area (Å²) in [5, 5.41) is 0.759. The van der Waals surface area contributed by atoms with Crippen molar-refractivity contribution in [3.63, 3.8) is 0 Å². The third-order valence-electron chi connectivity index (χ3n) is 8.72. The molecule has 1 spiro atoms. The number of carbonyl (C=O) groups excluding carboxylic acids is 4. The summed E-state index contributed by atoms with van der Waals surface area (Å²) in [6, 6.07) is 2.93. The molecule has 0 aliphatic heterocycles. The number of Topliss-reactive ketones (excluding diaryl/α,β-unsaturated/α-hetero) is 4. The maximum Gasteiger partial charge on any atom is 0.197 e. The first kappa shape index (κ1) is 27.2. The molecule has 2 aromatic carbocycles. The molecular weight excluding hydrogens is 616 g/mol. The molecule has 0 atom stereocenters. The van der Waals surface area contributed by atoms with Crippen LogP contribution in [-0.4, -0.2) is 33.1 Å². The van der Waals surface area contributed by atoms with Crippen LogP contribution < -0.4 is 0 Å². The van der Waals surface area contributed by atoms with Gasteiger partial charge in [0.2, 0.25) is 0 Å². The van der Waals surface area contributed by atoms with E-state index in [4.69, 9.17) is 9.97 Å². The number of hydrogen-bond donors (Lipinski definition) is 0. The Morgan fingerprint density at radius 3 is 1.25 bits per heavy atom. The molecular formula is C32H16F4N2O4S2. The zero-order valence-corrected chi connectivity index (χ0v) is 24.0. The Morgan fingerprint density at radius 2 is 0.909 bits per heavy atom. The SMILES string of the molecule is O=C1C(=Cc2nc3c(s2)-c2sc(C=C4C(=O)c5cc(F)c(F)cc5C4=O)nc2C32CCCCC2)C(=O)c2cc(F)c(F)cc21. The van der Waals surface area contributed by atoms with Gasteiger partial charge in [-0.1, -0.05) is 19.3 Å². The van der Waals surface area contributed by atoms with Crippen LogP contribution in [0.25, 0.3) is 21.9 Å². The highest BCUT2D eigenvalue weighted by atomic mass is 32.1. The molecule has 0 unspecified atom stereocenters. The van der Waals surface area contributed by atoms with Crippen LogP contribution in [0.3, 0.4) is 0 Å². The van der Waals surface area contributed by atoms with Gasteiger partial charge in [0.1, 0.15) is 10.0 Å². The lowest BCUT2D eigenvalue weighted by molar-refractivity contribution is 0.0975. The van der Waals surface area contributed by atoms with Gasteiger partial charge in [-0.25, -0.2) is 27.5 Å². The molecule has 0 saturated heterocycles. The van der Waals surface area contributed by atoms with E-state index in [0.717, 1.165) is 77.5 Å². The highest BCUT2D eigenvalue weighted by molar-refractivity contribution is 7.23. The lowest BCUT2D eigenvalue weighted by Crippen LogP contribution is -2.29. The molecule has 4 aliphatic rings. The number of rotatable bonds is 2. The normalized spacial score (nSPS) is 17.8. The predicted octanol–water partition coefficient (Wildman–Crippen LogP) is 7.31. The number of aromatic nitrogens is 2. The topological polar surface area (TPSA) is 94.1 Å². The third kappa shape index (κ3) is 3.64. The zero-order valence-electron chi connectivity index (χ0n) is 22.4. The maximum atomic E-state index is 13.8. The number of fused-ring (bicyclic) bond motifs is 7. The van der Waals surface area contributed by atoms with E-state index in [-0.39, 0.29) is 33.4 Å². The van der Waals surface area contributed by atoms with E-state index in [1.54, 1.807) is 0 Å². The van der Waals surface area contributed by atoms with E-state index in [9.17, 15) is 36.7 Å². The standard InChI is InChI=1S/C32H16F4N2O4S2/c33-18-6-12-13(7-19(18)34)25(40)16(24(12)39)10-22-37-30-28(43-22)29-31(32(30)4-2-1-3-5-32)38-23(44-29)11-17-26(41)14-8-20(35)21(36)9-15(14)27(17)42/h6-11H,1-5H2. The van der Waals surface area contributed by atoms with E-state index in [0.29, 0.717) is 10.0 Å². The van der Waals surface area contributed by atoms with Crippen LogP contribution in [0.15, 0.2) is 35.4 Å². The lowest BCUT2D eigenvalue weighted by atomic mass is 9.72. The minimum Gasteiger partial charge on any atom is -0.288 e. The first-order valence-corrected chi connectivity index (χ1v) is 15.3. The monoisotopic (exact) mass is 632 g/mol. The van der Waals surface area contributed by atoms with Crippen molar-refractivity contribution in [1.29, 1.82) is 0 Å². The van der Waals surface area contributed by atoms with Gasteiger partial charge < -0.3 is 0 Å². The summed E-state index contributed by atoms with van der Waals surface area (Å²) in [5.41, 5.74) is -0.217. The van der Waals surface area contributed by atoms with E-state index < -0.39 is 51.8 Å². The van der Waals surface area contributed by atoms with Crippen LogP contribution in [0, 0.1) is 23.3 Å². The molecule has 1 fully saturated rings. The number of carbonyl (C=O) groups is 4. The molecule has 4 aromatic rings. The Bertz CT molecular complexity index is 1910. The van der Waals surface area contributed by atoms with Gasteiger partial charge in [0.25, 0.3) is 0 Å². The van der Waals surface area contributed by atoms with Gasteiger partial charge in [0.15, 0.2) is 46.4 Å². The summed E-state index contributed by atoms with van der Waals surface area (Å²) in [4.78, 5) is 63.2. The number of thiazole rings is 2. The van der Waals surface area contributed by atoms with Crippen molar-refractivity contribution in [2.75, 3.05) is 0 Å². The van der Waals surface area contributed by atoms with Gasteiger partial charge in [-0.05, 0) is 49.3 Å². The summed E-state index contributed by atoms with van der Waals surface area (Å²) in [7, 11) is 0. The van der Waals surface area contributed by atoms with E-state index in [1.165, 1.54) is 34.8 Å². The van der Waals surface area contributed by atoms with Gasteiger partial charge in [0.05, 0.1) is 37.7 Å². The molecule has 0 N–H and O–H groups in total. The molecule has 12 heteroatoms. The zero-order chi connectivity index (χ0) is 30.7. The van der Waals surface area contributed by atoms with E-state index in [2.05, 4.69) is 0 Å². The highest BCUT2D eigenvalue weighted by Gasteiger charge is 2.49. The Labute approximate surface area is 253 Å². The van der Waals surface area contributed by atoms with E-state index >= 15 is 0 Å². The second kappa shape index (κ2) is 9.29. The summed E-state index contributed by atoms with van der Waals surface area (Å²) in [6.45, 7) is 0. The number of allylic oxidation sites excluding steroid dienone is 2. The van der Waals surface area contributed by atoms with Gasteiger partial charge in [-0.3, -0.25) is 19.2 Å². The molecule has 4 aliphatic carbocycles. The second-order valence-corrected chi connectivity index (χ2v) is 13.2. The number of halogens is 4. The van der Waals surface area contributed by atoms with Crippen molar-refractivity contribution in [3.8, 4) is 9.75 Å². The number of benzene rings is 2. The van der Waals surface area contributed by atoms with Gasteiger partial charge in [-0.15, -0.1) is 22.7 Å². The molecule has 2 aromatic heterocycles. The molecule has 0 amide bonds. The predicted molar refractivity (Wildman–Crippen MR) is 153 cm³/mol. The van der Waals surface area contributed by atoms with E-state index in [1.807, 2.05) is 0 Å². The Morgan fingerprint density at radius 1 is 0.568 bits per heavy atom. The lowest BCUT2D eigenvalue weighted by Gasteiger charge is -2.32. The summed E-state index contributed by atoms with van der Waals surface area (Å²) < 4.78 is 55.2. The number of nitrogens with zero attached hydrogens (tertiary/aromatic N) is 2. The molecule has 218 valence electrons. The quantitative estimate of drug-likeness (QED) is 0.131. The van der Waals surface area contributed by atoms with Crippen LogP contribution >= 0.6 is 22.7 Å². The van der Waals surface area contributed by atoms with Gasteiger partial charge in [-0.2, -0.15) is 0 Å². The van der Waals surface area contributed by atoms with Gasteiger partial charge >= 0.3 is 0 Å². The summed E-state index contributed by atoms with van der Waals surface area (Å²) in [5.74, 6) is -7.68. The van der Waals surface area contributed by atoms with Crippen LogP contribution in [0.2, 0.25) is 0 Å². The third-order valence-corrected chi connectivity index (χ3v) is 10.9. The average molecular weight is 633 g/mol. The van der Waals surface area contributed by atoms with Crippen molar-refractivity contribution in [2.45, 2.75) is 37.5 Å².